The molecule has 0 bridgehead atoms. The summed E-state index contributed by atoms with van der Waals surface area (Å²) in [4.78, 5) is 11.7. The van der Waals surface area contributed by atoms with Crippen LogP contribution < -0.4 is 10.1 Å². The molecule has 0 aliphatic carbocycles. The number of carbonyl (C=O) groups excluding carboxylic acids is 1. The van der Waals surface area contributed by atoms with Gasteiger partial charge < -0.3 is 15.3 Å². The van der Waals surface area contributed by atoms with Crippen LogP contribution in [0.5, 0.6) is 5.75 Å². The van der Waals surface area contributed by atoms with Gasteiger partial charge in [-0.1, -0.05) is 35.5 Å². The second-order valence-electron chi connectivity index (χ2n) is 3.99. The van der Waals surface area contributed by atoms with Gasteiger partial charge in [0.05, 0.1) is 6.21 Å². The van der Waals surface area contributed by atoms with E-state index in [-0.39, 0.29) is 12.5 Å². The maximum absolute atomic E-state index is 11.7. The number of nitrogens with one attached hydrogen (secondary N) is 1. The molecule has 0 heterocycles. The van der Waals surface area contributed by atoms with Crippen molar-refractivity contribution < 1.29 is 14.7 Å². The van der Waals surface area contributed by atoms with E-state index in [0.29, 0.717) is 17.0 Å². The predicted octanol–water partition coefficient (Wildman–Crippen LogP) is 2.51. The van der Waals surface area contributed by atoms with Gasteiger partial charge in [0.15, 0.2) is 6.61 Å². The molecule has 5 nitrogen and oxygen atoms in total. The van der Waals surface area contributed by atoms with Crippen LogP contribution >= 0.6 is 0 Å². The number of anilines is 1. The van der Waals surface area contributed by atoms with Gasteiger partial charge in [0.2, 0.25) is 0 Å². The second-order valence-corrected chi connectivity index (χ2v) is 3.99. The molecule has 1 amide bonds. The maximum Gasteiger partial charge on any atom is 0.262 e. The quantitative estimate of drug-likeness (QED) is 0.498. The number of hydrogen-bond acceptors (Lipinski definition) is 4. The summed E-state index contributed by atoms with van der Waals surface area (Å²) in [5, 5.41) is 14.2. The van der Waals surface area contributed by atoms with Crippen LogP contribution in [0.1, 0.15) is 5.56 Å². The van der Waals surface area contributed by atoms with E-state index in [4.69, 9.17) is 9.94 Å². The van der Waals surface area contributed by atoms with Crippen molar-refractivity contribution in [1.82, 2.24) is 0 Å². The van der Waals surface area contributed by atoms with E-state index in [9.17, 15) is 4.79 Å². The topological polar surface area (TPSA) is 70.9 Å². The van der Waals surface area contributed by atoms with Crippen LogP contribution in [0.4, 0.5) is 5.69 Å². The predicted molar refractivity (Wildman–Crippen MR) is 76.4 cm³/mol. The third-order valence-corrected chi connectivity index (χ3v) is 2.53. The number of nitrogens with zero attached hydrogens (tertiary/aromatic N) is 1. The zero-order valence-electron chi connectivity index (χ0n) is 10.7. The van der Waals surface area contributed by atoms with Crippen molar-refractivity contribution in [2.24, 2.45) is 5.16 Å². The molecule has 2 N–H and O–H groups in total. The Morgan fingerprint density at radius 1 is 1.15 bits per heavy atom. The lowest BCUT2D eigenvalue weighted by Gasteiger charge is -2.09. The van der Waals surface area contributed by atoms with Crippen molar-refractivity contribution in [3.63, 3.8) is 0 Å². The van der Waals surface area contributed by atoms with E-state index in [1.165, 1.54) is 6.21 Å². The van der Waals surface area contributed by atoms with E-state index in [1.807, 2.05) is 18.2 Å². The molecule has 0 aromatic heterocycles. The van der Waals surface area contributed by atoms with Crippen LogP contribution in [0, 0.1) is 0 Å². The third-order valence-electron chi connectivity index (χ3n) is 2.53. The van der Waals surface area contributed by atoms with Gasteiger partial charge in [-0.2, -0.15) is 0 Å². The molecule has 0 atom stereocenters. The number of benzene rings is 2. The van der Waals surface area contributed by atoms with Gasteiger partial charge in [-0.25, -0.2) is 0 Å². The fourth-order valence-electron chi connectivity index (χ4n) is 1.64. The van der Waals surface area contributed by atoms with E-state index in [2.05, 4.69) is 10.5 Å². The molecule has 0 radical (unpaired) electrons. The van der Waals surface area contributed by atoms with Crippen molar-refractivity contribution in [3.05, 3.63) is 60.2 Å². The summed E-state index contributed by atoms with van der Waals surface area (Å²) in [5.74, 6) is 0.223. The molecular weight excluding hydrogens is 256 g/mol. The van der Waals surface area contributed by atoms with Crippen LogP contribution in [0.15, 0.2) is 59.8 Å². The number of carbonyl (C=O) groups is 1. The Balaban J connectivity index is 1.94. The van der Waals surface area contributed by atoms with Crippen molar-refractivity contribution in [1.29, 1.82) is 0 Å². The van der Waals surface area contributed by atoms with Crippen molar-refractivity contribution in [3.8, 4) is 5.75 Å². The van der Waals surface area contributed by atoms with Crippen LogP contribution in [-0.2, 0) is 4.79 Å². The number of oxime groups is 1. The van der Waals surface area contributed by atoms with E-state index < -0.39 is 0 Å². The molecule has 0 saturated carbocycles. The van der Waals surface area contributed by atoms with Crippen molar-refractivity contribution in [2.75, 3.05) is 11.9 Å². The molecule has 102 valence electrons. The molecular formula is C15H14N2O3. The van der Waals surface area contributed by atoms with Gasteiger partial charge in [0.1, 0.15) is 5.75 Å². The molecule has 5 heteroatoms. The molecule has 0 aliphatic rings. The Labute approximate surface area is 116 Å². The minimum Gasteiger partial charge on any atom is -0.483 e. The minimum absolute atomic E-state index is 0.120. The van der Waals surface area contributed by atoms with Crippen molar-refractivity contribution >= 4 is 17.8 Å². The molecule has 0 unspecified atom stereocenters. The molecule has 0 spiro atoms. The van der Waals surface area contributed by atoms with E-state index in [0.717, 1.165) is 0 Å². The average molecular weight is 270 g/mol. The van der Waals surface area contributed by atoms with Gasteiger partial charge in [-0.15, -0.1) is 0 Å². The number of rotatable bonds is 5. The van der Waals surface area contributed by atoms with E-state index in [1.54, 1.807) is 36.4 Å². The fraction of sp³-hybridized carbons (Fsp3) is 0.0667. The van der Waals surface area contributed by atoms with Gasteiger partial charge in [0.25, 0.3) is 5.91 Å². The van der Waals surface area contributed by atoms with Gasteiger partial charge in [-0.3, -0.25) is 4.79 Å². The SMILES string of the molecule is O=C(COc1ccccc1C=NO)Nc1ccccc1. The zero-order valence-corrected chi connectivity index (χ0v) is 10.7. The van der Waals surface area contributed by atoms with Crippen LogP contribution in [0.25, 0.3) is 0 Å². The summed E-state index contributed by atoms with van der Waals surface area (Å²) in [5.41, 5.74) is 1.31. The van der Waals surface area contributed by atoms with Gasteiger partial charge >= 0.3 is 0 Å². The number of hydrogen-bond donors (Lipinski definition) is 2. The highest BCUT2D eigenvalue weighted by atomic mass is 16.5. The first-order valence-electron chi connectivity index (χ1n) is 6.04. The van der Waals surface area contributed by atoms with Gasteiger partial charge in [0, 0.05) is 11.3 Å². The second kappa shape index (κ2) is 6.94. The molecule has 0 aliphatic heterocycles. The van der Waals surface area contributed by atoms with E-state index >= 15 is 0 Å². The monoisotopic (exact) mass is 270 g/mol. The molecule has 2 aromatic rings. The molecule has 0 saturated heterocycles. The summed E-state index contributed by atoms with van der Waals surface area (Å²) < 4.78 is 5.41. The summed E-state index contributed by atoms with van der Waals surface area (Å²) in [6, 6.07) is 16.1. The Kier molecular flexibility index (Phi) is 4.72. The Morgan fingerprint density at radius 3 is 2.60 bits per heavy atom. The first kappa shape index (κ1) is 13.6. The molecule has 2 aromatic carbocycles. The standard InChI is InChI=1S/C15H14N2O3/c18-15(17-13-7-2-1-3-8-13)11-20-14-9-5-4-6-12(14)10-16-19/h1-10,19H,11H2,(H,17,18). The first-order valence-corrected chi connectivity index (χ1v) is 6.04. The highest BCUT2D eigenvalue weighted by Crippen LogP contribution is 2.15. The fourth-order valence-corrected chi connectivity index (χ4v) is 1.64. The van der Waals surface area contributed by atoms with Crippen LogP contribution in [0.3, 0.4) is 0 Å². The highest BCUT2D eigenvalue weighted by Gasteiger charge is 2.05. The molecule has 2 rings (SSSR count). The molecule has 0 fully saturated rings. The van der Waals surface area contributed by atoms with Crippen LogP contribution in [0.2, 0.25) is 0 Å². The summed E-state index contributed by atoms with van der Waals surface area (Å²) in [6.45, 7) is -0.120. The lowest BCUT2D eigenvalue weighted by Crippen LogP contribution is -2.20. The zero-order chi connectivity index (χ0) is 14.2. The Bertz CT molecular complexity index is 597. The first-order chi connectivity index (χ1) is 9.79. The summed E-state index contributed by atoms with van der Waals surface area (Å²) >= 11 is 0. The lowest BCUT2D eigenvalue weighted by atomic mass is 10.2. The number of ether oxygens (including phenoxy) is 1. The summed E-state index contributed by atoms with van der Waals surface area (Å²) in [6.07, 6.45) is 1.25. The smallest absolute Gasteiger partial charge is 0.262 e. The maximum atomic E-state index is 11.7. The largest absolute Gasteiger partial charge is 0.483 e. The number of amides is 1. The lowest BCUT2D eigenvalue weighted by molar-refractivity contribution is -0.118. The molecule has 20 heavy (non-hydrogen) atoms. The summed E-state index contributed by atoms with van der Waals surface area (Å²) in [7, 11) is 0. The Hall–Kier alpha value is -2.82. The number of para-hydroxylation sites is 2. The normalized spacial score (nSPS) is 10.4. The highest BCUT2D eigenvalue weighted by molar-refractivity contribution is 5.92. The third kappa shape index (κ3) is 3.84. The minimum atomic E-state index is -0.257. The average Bonchev–Trinajstić information content (AvgIpc) is 2.48. The Morgan fingerprint density at radius 2 is 1.85 bits per heavy atom. The van der Waals surface area contributed by atoms with Crippen molar-refractivity contribution in [2.45, 2.75) is 0 Å². The van der Waals surface area contributed by atoms with Crippen LogP contribution in [-0.4, -0.2) is 23.9 Å². The van der Waals surface area contributed by atoms with Gasteiger partial charge in [-0.05, 0) is 24.3 Å².